The van der Waals surface area contributed by atoms with Crippen LogP contribution in [0.25, 0.3) is 11.2 Å². The first-order valence-electron chi connectivity index (χ1n) is 5.60. The topological polar surface area (TPSA) is 93.6 Å². The minimum Gasteiger partial charge on any atom is -0.384 e. The Labute approximate surface area is 93.3 Å². The highest BCUT2D eigenvalue weighted by molar-refractivity contribution is 5.72. The van der Waals surface area contributed by atoms with Crippen LogP contribution in [0.5, 0.6) is 0 Å². The van der Waals surface area contributed by atoms with Crippen LogP contribution in [0.1, 0.15) is 31.0 Å². The van der Waals surface area contributed by atoms with E-state index in [4.69, 9.17) is 11.5 Å². The minimum atomic E-state index is 0.316. The SMILES string of the molecule is Nc1ccc2[nH]c(C3CCC(N)C3)nc2n1. The van der Waals surface area contributed by atoms with Crippen LogP contribution >= 0.6 is 0 Å². The maximum atomic E-state index is 5.90. The highest BCUT2D eigenvalue weighted by Crippen LogP contribution is 2.32. The monoisotopic (exact) mass is 217 g/mol. The van der Waals surface area contributed by atoms with Crippen LogP contribution in [0.15, 0.2) is 12.1 Å². The second-order valence-corrected chi connectivity index (χ2v) is 4.50. The summed E-state index contributed by atoms with van der Waals surface area (Å²) < 4.78 is 0. The Kier molecular flexibility index (Phi) is 2.07. The van der Waals surface area contributed by atoms with Gasteiger partial charge in [0, 0.05) is 12.0 Å². The Morgan fingerprint density at radius 3 is 2.88 bits per heavy atom. The Hall–Kier alpha value is -1.62. The molecule has 2 aromatic rings. The van der Waals surface area contributed by atoms with Crippen molar-refractivity contribution in [2.75, 3.05) is 5.73 Å². The number of hydrogen-bond donors (Lipinski definition) is 3. The van der Waals surface area contributed by atoms with Gasteiger partial charge in [-0.05, 0) is 31.4 Å². The molecular weight excluding hydrogens is 202 g/mol. The zero-order chi connectivity index (χ0) is 11.1. The lowest BCUT2D eigenvalue weighted by Gasteiger charge is -2.04. The first kappa shape index (κ1) is 9.59. The molecule has 0 aliphatic heterocycles. The standard InChI is InChI=1S/C11H15N5/c12-7-2-1-6(5-7)10-14-8-3-4-9(13)15-11(8)16-10/h3-4,6-7H,1-2,5,12H2,(H3,13,14,15,16). The van der Waals surface area contributed by atoms with Gasteiger partial charge in [0.2, 0.25) is 0 Å². The second kappa shape index (κ2) is 3.45. The number of hydrogen-bond acceptors (Lipinski definition) is 4. The zero-order valence-corrected chi connectivity index (χ0v) is 8.98. The summed E-state index contributed by atoms with van der Waals surface area (Å²) in [7, 11) is 0. The molecule has 5 heteroatoms. The average Bonchev–Trinajstić information content (AvgIpc) is 2.83. The number of aromatic amines is 1. The van der Waals surface area contributed by atoms with Gasteiger partial charge in [0.25, 0.3) is 0 Å². The van der Waals surface area contributed by atoms with Gasteiger partial charge in [-0.25, -0.2) is 9.97 Å². The highest BCUT2D eigenvalue weighted by Gasteiger charge is 2.25. The number of rotatable bonds is 1. The highest BCUT2D eigenvalue weighted by atomic mass is 15.0. The zero-order valence-electron chi connectivity index (χ0n) is 8.98. The minimum absolute atomic E-state index is 0.316. The molecule has 3 rings (SSSR count). The Balaban J connectivity index is 1.99. The van der Waals surface area contributed by atoms with Gasteiger partial charge in [-0.2, -0.15) is 0 Å². The van der Waals surface area contributed by atoms with Crippen LogP contribution in [-0.2, 0) is 0 Å². The number of nitrogens with two attached hydrogens (primary N) is 2. The smallest absolute Gasteiger partial charge is 0.179 e. The molecule has 1 fully saturated rings. The van der Waals surface area contributed by atoms with Gasteiger partial charge in [0.05, 0.1) is 5.52 Å². The predicted molar refractivity (Wildman–Crippen MR) is 62.9 cm³/mol. The molecule has 0 spiro atoms. The van der Waals surface area contributed by atoms with Crippen molar-refractivity contribution >= 4 is 17.0 Å². The van der Waals surface area contributed by atoms with E-state index in [-0.39, 0.29) is 0 Å². The van der Waals surface area contributed by atoms with Crippen LogP contribution in [-0.4, -0.2) is 21.0 Å². The molecule has 2 unspecified atom stereocenters. The maximum absolute atomic E-state index is 5.90. The van der Waals surface area contributed by atoms with Gasteiger partial charge < -0.3 is 16.5 Å². The molecule has 0 radical (unpaired) electrons. The van der Waals surface area contributed by atoms with Gasteiger partial charge in [0.1, 0.15) is 11.6 Å². The Morgan fingerprint density at radius 1 is 1.25 bits per heavy atom. The average molecular weight is 217 g/mol. The van der Waals surface area contributed by atoms with Crippen molar-refractivity contribution in [2.24, 2.45) is 5.73 Å². The van der Waals surface area contributed by atoms with E-state index < -0.39 is 0 Å². The number of pyridine rings is 1. The Morgan fingerprint density at radius 2 is 2.12 bits per heavy atom. The summed E-state index contributed by atoms with van der Waals surface area (Å²) in [4.78, 5) is 12.0. The van der Waals surface area contributed by atoms with E-state index in [1.807, 2.05) is 6.07 Å². The number of H-pyrrole nitrogens is 1. The number of nitrogens with zero attached hydrogens (tertiary/aromatic N) is 2. The lowest BCUT2D eigenvalue weighted by atomic mass is 10.1. The number of aromatic nitrogens is 3. The summed E-state index contributed by atoms with van der Waals surface area (Å²) in [5.74, 6) is 1.96. The van der Waals surface area contributed by atoms with E-state index in [1.54, 1.807) is 6.07 Å². The van der Waals surface area contributed by atoms with Crippen LogP contribution in [0.4, 0.5) is 5.82 Å². The van der Waals surface area contributed by atoms with E-state index in [0.29, 0.717) is 23.4 Å². The van der Waals surface area contributed by atoms with Crippen LogP contribution in [0.2, 0.25) is 0 Å². The first-order valence-corrected chi connectivity index (χ1v) is 5.60. The van der Waals surface area contributed by atoms with E-state index in [9.17, 15) is 0 Å². The number of imidazole rings is 1. The third-order valence-corrected chi connectivity index (χ3v) is 3.25. The van der Waals surface area contributed by atoms with Crippen molar-refractivity contribution in [3.8, 4) is 0 Å². The molecule has 0 amide bonds. The van der Waals surface area contributed by atoms with E-state index in [1.165, 1.54) is 0 Å². The summed E-state index contributed by atoms with van der Waals surface area (Å²) in [5, 5.41) is 0. The molecule has 1 aliphatic carbocycles. The largest absolute Gasteiger partial charge is 0.384 e. The van der Waals surface area contributed by atoms with Crippen molar-refractivity contribution in [1.82, 2.24) is 15.0 Å². The summed E-state index contributed by atoms with van der Waals surface area (Å²) >= 11 is 0. The third-order valence-electron chi connectivity index (χ3n) is 3.25. The van der Waals surface area contributed by atoms with Crippen molar-refractivity contribution < 1.29 is 0 Å². The lowest BCUT2D eigenvalue weighted by Crippen LogP contribution is -2.14. The van der Waals surface area contributed by atoms with Gasteiger partial charge >= 0.3 is 0 Å². The van der Waals surface area contributed by atoms with Crippen molar-refractivity contribution in [3.63, 3.8) is 0 Å². The molecule has 5 N–H and O–H groups in total. The number of nitrogens with one attached hydrogen (secondary N) is 1. The van der Waals surface area contributed by atoms with Gasteiger partial charge in [-0.3, -0.25) is 0 Å². The Bertz CT molecular complexity index is 518. The van der Waals surface area contributed by atoms with Gasteiger partial charge in [0.15, 0.2) is 5.65 Å². The normalized spacial score (nSPS) is 25.3. The van der Waals surface area contributed by atoms with Gasteiger partial charge in [-0.1, -0.05) is 0 Å². The van der Waals surface area contributed by atoms with E-state index in [0.717, 1.165) is 30.6 Å². The molecule has 5 nitrogen and oxygen atoms in total. The molecular formula is C11H15N5. The fourth-order valence-electron chi connectivity index (χ4n) is 2.38. The van der Waals surface area contributed by atoms with E-state index >= 15 is 0 Å². The number of nitrogen functional groups attached to an aromatic ring is 1. The molecule has 2 aromatic heterocycles. The fourth-order valence-corrected chi connectivity index (χ4v) is 2.38. The van der Waals surface area contributed by atoms with Crippen LogP contribution in [0, 0.1) is 0 Å². The van der Waals surface area contributed by atoms with Crippen molar-refractivity contribution in [1.29, 1.82) is 0 Å². The summed E-state index contributed by atoms with van der Waals surface area (Å²) in [6.45, 7) is 0. The molecule has 0 bridgehead atoms. The summed E-state index contributed by atoms with van der Waals surface area (Å²) in [6.07, 6.45) is 3.20. The van der Waals surface area contributed by atoms with Gasteiger partial charge in [-0.15, -0.1) is 0 Å². The maximum Gasteiger partial charge on any atom is 0.179 e. The molecule has 0 saturated heterocycles. The summed E-state index contributed by atoms with van der Waals surface area (Å²) in [5.41, 5.74) is 13.2. The van der Waals surface area contributed by atoms with Crippen molar-refractivity contribution in [2.45, 2.75) is 31.2 Å². The molecule has 1 saturated carbocycles. The van der Waals surface area contributed by atoms with Crippen LogP contribution < -0.4 is 11.5 Å². The molecule has 2 atom stereocenters. The predicted octanol–water partition coefficient (Wildman–Crippen LogP) is 1.13. The third kappa shape index (κ3) is 1.53. The van der Waals surface area contributed by atoms with E-state index in [2.05, 4.69) is 15.0 Å². The first-order chi connectivity index (χ1) is 7.72. The van der Waals surface area contributed by atoms with Crippen LogP contribution in [0.3, 0.4) is 0 Å². The molecule has 84 valence electrons. The lowest BCUT2D eigenvalue weighted by molar-refractivity contribution is 0.651. The molecule has 16 heavy (non-hydrogen) atoms. The fraction of sp³-hybridized carbons (Fsp3) is 0.455. The number of anilines is 1. The quantitative estimate of drug-likeness (QED) is 0.667. The summed E-state index contributed by atoms with van der Waals surface area (Å²) in [6, 6.07) is 4.02. The molecule has 1 aliphatic rings. The molecule has 2 heterocycles. The molecule has 0 aromatic carbocycles. The van der Waals surface area contributed by atoms with Crippen molar-refractivity contribution in [3.05, 3.63) is 18.0 Å². The number of fused-ring (bicyclic) bond motifs is 1. The second-order valence-electron chi connectivity index (χ2n) is 4.50.